The third-order valence-corrected chi connectivity index (χ3v) is 6.70. The number of methoxy groups -OCH3 is 1. The van der Waals surface area contributed by atoms with Crippen LogP contribution in [0.15, 0.2) is 41.3 Å². The van der Waals surface area contributed by atoms with Gasteiger partial charge in [-0.15, -0.1) is 11.3 Å². The monoisotopic (exact) mass is 467 g/mol. The van der Waals surface area contributed by atoms with Gasteiger partial charge in [-0.2, -0.15) is 0 Å². The molecule has 0 bridgehead atoms. The third kappa shape index (κ3) is 4.35. The quantitative estimate of drug-likeness (QED) is 0.434. The van der Waals surface area contributed by atoms with Gasteiger partial charge in [0.05, 0.1) is 36.1 Å². The molecule has 1 fully saturated rings. The Morgan fingerprint density at radius 2 is 2.00 bits per heavy atom. The highest BCUT2D eigenvalue weighted by atomic mass is 35.5. The van der Waals surface area contributed by atoms with Crippen LogP contribution in [0.2, 0.25) is 5.02 Å². The summed E-state index contributed by atoms with van der Waals surface area (Å²) in [6, 6.07) is 5.19. The number of hydrogen-bond acceptors (Lipinski definition) is 9. The van der Waals surface area contributed by atoms with Crippen molar-refractivity contribution in [2.75, 3.05) is 13.7 Å². The molecule has 0 spiro atoms. The van der Waals surface area contributed by atoms with Gasteiger partial charge >= 0.3 is 0 Å². The van der Waals surface area contributed by atoms with Crippen molar-refractivity contribution in [2.24, 2.45) is 0 Å². The van der Waals surface area contributed by atoms with Crippen LogP contribution in [0.4, 0.5) is 0 Å². The lowest BCUT2D eigenvalue weighted by atomic mass is 9.90. The minimum atomic E-state index is -1.49. The number of aromatic nitrogens is 1. The number of thiazole rings is 1. The number of benzene rings is 1. The lowest BCUT2D eigenvalue weighted by Gasteiger charge is -2.40. The highest BCUT2D eigenvalue weighted by Gasteiger charge is 2.45. The van der Waals surface area contributed by atoms with Crippen LogP contribution in [-0.2, 0) is 11.2 Å². The molecule has 5 atom stereocenters. The highest BCUT2D eigenvalue weighted by Crippen LogP contribution is 2.40. The van der Waals surface area contributed by atoms with Crippen LogP contribution in [0.3, 0.4) is 0 Å². The van der Waals surface area contributed by atoms with Crippen molar-refractivity contribution in [2.45, 2.75) is 36.9 Å². The van der Waals surface area contributed by atoms with Crippen LogP contribution in [0.25, 0.3) is 10.4 Å². The smallest absolute Gasteiger partial charge is 0.126 e. The van der Waals surface area contributed by atoms with E-state index in [1.54, 1.807) is 30.9 Å². The normalized spacial score (nSPS) is 26.2. The number of hydrogen-bond donors (Lipinski definition) is 4. The maximum atomic E-state index is 10.5. The molecule has 0 amide bonds. The zero-order chi connectivity index (χ0) is 22.1. The zero-order valence-corrected chi connectivity index (χ0v) is 18.1. The van der Waals surface area contributed by atoms with Gasteiger partial charge in [-0.1, -0.05) is 11.6 Å². The molecule has 1 aliphatic rings. The van der Waals surface area contributed by atoms with Gasteiger partial charge in [0.25, 0.3) is 0 Å². The Kier molecular flexibility index (Phi) is 6.63. The Bertz CT molecular complexity index is 1020. The minimum Gasteiger partial charge on any atom is -0.496 e. The largest absolute Gasteiger partial charge is 0.496 e. The second kappa shape index (κ2) is 9.25. The summed E-state index contributed by atoms with van der Waals surface area (Å²) in [6.45, 7) is -0.514. The summed E-state index contributed by atoms with van der Waals surface area (Å²) >= 11 is 7.97. The lowest BCUT2D eigenvalue weighted by molar-refractivity contribution is -0.232. The van der Waals surface area contributed by atoms with E-state index in [0.717, 1.165) is 21.0 Å². The Labute approximate surface area is 187 Å². The maximum absolute atomic E-state index is 10.5. The maximum Gasteiger partial charge on any atom is 0.126 e. The summed E-state index contributed by atoms with van der Waals surface area (Å²) in [4.78, 5) is 5.42. The van der Waals surface area contributed by atoms with Gasteiger partial charge in [-0.25, -0.2) is 4.98 Å². The first-order valence-corrected chi connectivity index (χ1v) is 10.8. The van der Waals surface area contributed by atoms with Gasteiger partial charge < -0.3 is 34.3 Å². The SMILES string of the molecule is COc1cc(Cl)c(Cc2ncc(-c3ccoc3)s2)cc1[C@@H]1O[C@H](CO)[C@@H](O)[C@H](O)[C@H]1O. The van der Waals surface area contributed by atoms with Gasteiger partial charge in [0, 0.05) is 28.8 Å². The molecule has 0 unspecified atom stereocenters. The van der Waals surface area contributed by atoms with Crippen molar-refractivity contribution in [3.63, 3.8) is 0 Å². The fourth-order valence-corrected chi connectivity index (χ4v) is 4.75. The van der Waals surface area contributed by atoms with Crippen molar-refractivity contribution in [1.82, 2.24) is 4.98 Å². The molecule has 4 N–H and O–H groups in total. The molecule has 8 nitrogen and oxygen atoms in total. The molecular weight excluding hydrogens is 446 g/mol. The van der Waals surface area contributed by atoms with Crippen LogP contribution in [0.1, 0.15) is 22.2 Å². The molecule has 3 heterocycles. The Morgan fingerprint density at radius 1 is 1.19 bits per heavy atom. The van der Waals surface area contributed by atoms with Crippen LogP contribution < -0.4 is 4.74 Å². The van der Waals surface area contributed by atoms with E-state index < -0.39 is 37.1 Å². The van der Waals surface area contributed by atoms with Crippen LogP contribution in [0.5, 0.6) is 5.75 Å². The molecule has 0 aliphatic carbocycles. The lowest BCUT2D eigenvalue weighted by Crippen LogP contribution is -2.55. The molecule has 2 aromatic heterocycles. The summed E-state index contributed by atoms with van der Waals surface area (Å²) in [5, 5.41) is 41.5. The molecule has 3 aromatic rings. The second-order valence-electron chi connectivity index (χ2n) is 7.24. The Morgan fingerprint density at radius 3 is 2.68 bits per heavy atom. The Balaban J connectivity index is 1.66. The summed E-state index contributed by atoms with van der Waals surface area (Å²) < 4.78 is 16.2. The number of aliphatic hydroxyl groups excluding tert-OH is 4. The van der Waals surface area contributed by atoms with Crippen LogP contribution in [0, 0.1) is 0 Å². The summed E-state index contributed by atoms with van der Waals surface area (Å²) in [5.41, 5.74) is 2.11. The summed E-state index contributed by atoms with van der Waals surface area (Å²) in [5.74, 6) is 0.358. The van der Waals surface area contributed by atoms with Crippen molar-refractivity contribution in [1.29, 1.82) is 0 Å². The van der Waals surface area contributed by atoms with Crippen molar-refractivity contribution in [3.05, 3.63) is 58.1 Å². The van der Waals surface area contributed by atoms with Crippen LogP contribution in [-0.4, -0.2) is 63.5 Å². The average molecular weight is 468 g/mol. The molecule has 4 rings (SSSR count). The molecule has 31 heavy (non-hydrogen) atoms. The number of rotatable bonds is 6. The number of furan rings is 1. The minimum absolute atomic E-state index is 0.358. The number of nitrogens with zero attached hydrogens (tertiary/aromatic N) is 1. The third-order valence-electron chi connectivity index (χ3n) is 5.30. The van der Waals surface area contributed by atoms with E-state index in [9.17, 15) is 20.4 Å². The van der Waals surface area contributed by atoms with E-state index in [0.29, 0.717) is 22.8 Å². The topological polar surface area (TPSA) is 125 Å². The van der Waals surface area contributed by atoms with E-state index in [-0.39, 0.29) is 0 Å². The Hall–Kier alpha value is -1.98. The first-order valence-electron chi connectivity index (χ1n) is 9.57. The zero-order valence-electron chi connectivity index (χ0n) is 16.5. The second-order valence-corrected chi connectivity index (χ2v) is 8.76. The van der Waals surface area contributed by atoms with Gasteiger partial charge in [0.2, 0.25) is 0 Å². The van der Waals surface area contributed by atoms with Gasteiger partial charge in [-0.05, 0) is 23.8 Å². The fourth-order valence-electron chi connectivity index (χ4n) is 3.61. The molecule has 1 aromatic carbocycles. The van der Waals surface area contributed by atoms with E-state index in [1.807, 2.05) is 6.07 Å². The summed E-state index contributed by atoms with van der Waals surface area (Å²) in [6.07, 6.45) is -0.967. The van der Waals surface area contributed by atoms with Crippen molar-refractivity contribution < 1.29 is 34.3 Å². The van der Waals surface area contributed by atoms with Gasteiger partial charge in [-0.3, -0.25) is 0 Å². The van der Waals surface area contributed by atoms with E-state index in [1.165, 1.54) is 18.4 Å². The van der Waals surface area contributed by atoms with E-state index >= 15 is 0 Å². The van der Waals surface area contributed by atoms with Gasteiger partial charge in [0.1, 0.15) is 36.3 Å². The molecule has 10 heteroatoms. The first-order chi connectivity index (χ1) is 14.9. The molecule has 166 valence electrons. The molecular formula is C21H22ClNO7S. The van der Waals surface area contributed by atoms with Crippen LogP contribution >= 0.6 is 22.9 Å². The molecule has 0 radical (unpaired) electrons. The number of ether oxygens (including phenoxy) is 2. The summed E-state index contributed by atoms with van der Waals surface area (Å²) in [7, 11) is 1.46. The average Bonchev–Trinajstić information content (AvgIpc) is 3.46. The fraction of sp³-hybridized carbons (Fsp3) is 0.381. The number of aliphatic hydroxyl groups is 4. The van der Waals surface area contributed by atoms with Gasteiger partial charge in [0.15, 0.2) is 0 Å². The number of halogens is 1. The van der Waals surface area contributed by atoms with E-state index in [2.05, 4.69) is 4.98 Å². The molecule has 1 saturated heterocycles. The van der Waals surface area contributed by atoms with Crippen molar-refractivity contribution in [3.8, 4) is 16.2 Å². The highest BCUT2D eigenvalue weighted by molar-refractivity contribution is 7.15. The first kappa shape index (κ1) is 22.2. The molecule has 1 aliphatic heterocycles. The molecule has 0 saturated carbocycles. The van der Waals surface area contributed by atoms with E-state index in [4.69, 9.17) is 25.5 Å². The predicted molar refractivity (Wildman–Crippen MR) is 113 cm³/mol. The van der Waals surface area contributed by atoms with Crippen molar-refractivity contribution >= 4 is 22.9 Å². The predicted octanol–water partition coefficient (Wildman–Crippen LogP) is 2.17. The standard InChI is InChI=1S/C21H22ClNO7S/c1-28-14-6-13(22)11(5-17-23-7-16(31-17)10-2-3-29-9-10)4-12(14)21-20(27)19(26)18(25)15(8-24)30-21/h2-4,6-7,9,15,18-21,24-27H,5,8H2,1H3/t15-,18-,19+,20-,21+/m1/s1.